The highest BCUT2D eigenvalue weighted by Gasteiger charge is 2.05. The van der Waals surface area contributed by atoms with Gasteiger partial charge >= 0.3 is 0 Å². The van der Waals surface area contributed by atoms with Crippen LogP contribution in [0, 0.1) is 18.3 Å². The molecular weight excluding hydrogens is 156 g/mol. The normalized spacial score (nSPS) is 9.55. The molecule has 0 amide bonds. The predicted octanol–water partition coefficient (Wildman–Crippen LogP) is 2.08. The summed E-state index contributed by atoms with van der Waals surface area (Å²) in [6.45, 7) is 4.04. The van der Waals surface area contributed by atoms with E-state index in [1.807, 2.05) is 6.92 Å². The summed E-state index contributed by atoms with van der Waals surface area (Å²) < 4.78 is 0. The summed E-state index contributed by atoms with van der Waals surface area (Å²) in [5.74, 6) is 0. The van der Waals surface area contributed by atoms with Gasteiger partial charge in [-0.25, -0.2) is 4.98 Å². The molecule has 0 radical (unpaired) electrons. The van der Waals surface area contributed by atoms with Gasteiger partial charge in [0.25, 0.3) is 0 Å². The van der Waals surface area contributed by atoms with Gasteiger partial charge in [-0.1, -0.05) is 6.92 Å². The van der Waals surface area contributed by atoms with Crippen molar-refractivity contribution in [3.05, 3.63) is 15.6 Å². The first-order valence-electron chi connectivity index (χ1n) is 3.60. The van der Waals surface area contributed by atoms with Crippen LogP contribution in [-0.2, 0) is 12.8 Å². The van der Waals surface area contributed by atoms with Crippen molar-refractivity contribution >= 4 is 11.3 Å². The number of nitriles is 1. The van der Waals surface area contributed by atoms with Gasteiger partial charge in [-0.05, 0) is 13.3 Å². The van der Waals surface area contributed by atoms with Gasteiger partial charge in [0.1, 0.15) is 0 Å². The number of hydrogen-bond acceptors (Lipinski definition) is 3. The Kier molecular flexibility index (Phi) is 2.61. The van der Waals surface area contributed by atoms with Gasteiger partial charge in [0.05, 0.1) is 23.2 Å². The Balaban J connectivity index is 2.94. The molecule has 0 aliphatic carbocycles. The van der Waals surface area contributed by atoms with Gasteiger partial charge in [0.15, 0.2) is 0 Å². The molecule has 1 aromatic heterocycles. The molecule has 2 nitrogen and oxygen atoms in total. The van der Waals surface area contributed by atoms with Crippen LogP contribution in [0.4, 0.5) is 0 Å². The second-order valence-corrected chi connectivity index (χ2v) is 3.58. The molecular formula is C8H10N2S. The van der Waals surface area contributed by atoms with E-state index in [0.29, 0.717) is 6.42 Å². The molecule has 0 unspecified atom stereocenters. The molecule has 0 spiro atoms. The molecule has 0 saturated carbocycles. The van der Waals surface area contributed by atoms with Crippen molar-refractivity contribution in [3.63, 3.8) is 0 Å². The van der Waals surface area contributed by atoms with Crippen molar-refractivity contribution in [2.24, 2.45) is 0 Å². The highest BCUT2D eigenvalue weighted by molar-refractivity contribution is 7.11. The van der Waals surface area contributed by atoms with Crippen molar-refractivity contribution in [1.29, 1.82) is 5.26 Å². The number of rotatable bonds is 2. The lowest BCUT2D eigenvalue weighted by Gasteiger charge is -1.89. The molecule has 1 rings (SSSR count). The Morgan fingerprint density at radius 2 is 2.36 bits per heavy atom. The maximum absolute atomic E-state index is 8.48. The average Bonchev–Trinajstić information content (AvgIpc) is 2.32. The van der Waals surface area contributed by atoms with Gasteiger partial charge in [0.2, 0.25) is 0 Å². The van der Waals surface area contributed by atoms with E-state index in [9.17, 15) is 0 Å². The zero-order valence-corrected chi connectivity index (χ0v) is 7.53. The minimum Gasteiger partial charge on any atom is -0.246 e. The van der Waals surface area contributed by atoms with Gasteiger partial charge in [-0.3, -0.25) is 0 Å². The number of thiazole rings is 1. The quantitative estimate of drug-likeness (QED) is 0.674. The van der Waals surface area contributed by atoms with Gasteiger partial charge in [-0.2, -0.15) is 5.26 Å². The van der Waals surface area contributed by atoms with Crippen molar-refractivity contribution in [1.82, 2.24) is 4.98 Å². The maximum atomic E-state index is 8.48. The first kappa shape index (κ1) is 8.22. The van der Waals surface area contributed by atoms with Crippen LogP contribution in [-0.4, -0.2) is 4.98 Å². The standard InChI is InChI=1S/C8H10N2S/c1-3-7-8(4-5-9)11-6(2)10-7/h3-4H2,1-2H3. The lowest BCUT2D eigenvalue weighted by atomic mass is 10.2. The zero-order valence-electron chi connectivity index (χ0n) is 6.72. The minimum atomic E-state index is 0.509. The number of nitrogens with zero attached hydrogens (tertiary/aromatic N) is 2. The average molecular weight is 166 g/mol. The van der Waals surface area contributed by atoms with E-state index >= 15 is 0 Å². The van der Waals surface area contributed by atoms with Crippen molar-refractivity contribution in [3.8, 4) is 6.07 Å². The maximum Gasteiger partial charge on any atom is 0.0900 e. The van der Waals surface area contributed by atoms with E-state index < -0.39 is 0 Å². The summed E-state index contributed by atoms with van der Waals surface area (Å²) in [6, 6.07) is 2.14. The SMILES string of the molecule is CCc1nc(C)sc1CC#N. The second kappa shape index (κ2) is 3.49. The third-order valence-electron chi connectivity index (χ3n) is 1.46. The third-order valence-corrected chi connectivity index (χ3v) is 2.47. The molecule has 0 saturated heterocycles. The predicted molar refractivity (Wildman–Crippen MR) is 45.5 cm³/mol. The minimum absolute atomic E-state index is 0.509. The summed E-state index contributed by atoms with van der Waals surface area (Å²) in [6.07, 6.45) is 1.44. The van der Waals surface area contributed by atoms with Crippen molar-refractivity contribution in [2.75, 3.05) is 0 Å². The molecule has 0 N–H and O–H groups in total. The van der Waals surface area contributed by atoms with Crippen LogP contribution in [0.25, 0.3) is 0 Å². The van der Waals surface area contributed by atoms with Crippen LogP contribution in [0.5, 0.6) is 0 Å². The smallest absolute Gasteiger partial charge is 0.0900 e. The monoisotopic (exact) mass is 166 g/mol. The molecule has 0 bridgehead atoms. The number of hydrogen-bond donors (Lipinski definition) is 0. The topological polar surface area (TPSA) is 36.7 Å². The van der Waals surface area contributed by atoms with Crippen LogP contribution in [0.15, 0.2) is 0 Å². The Labute approximate surface area is 70.5 Å². The van der Waals surface area contributed by atoms with E-state index in [1.54, 1.807) is 11.3 Å². The zero-order chi connectivity index (χ0) is 8.27. The third kappa shape index (κ3) is 1.78. The van der Waals surface area contributed by atoms with Gasteiger partial charge < -0.3 is 0 Å². The van der Waals surface area contributed by atoms with Crippen molar-refractivity contribution < 1.29 is 0 Å². The first-order chi connectivity index (χ1) is 5.27. The lowest BCUT2D eigenvalue weighted by molar-refractivity contribution is 1.02. The molecule has 58 valence electrons. The highest BCUT2D eigenvalue weighted by atomic mass is 32.1. The molecule has 3 heteroatoms. The molecule has 11 heavy (non-hydrogen) atoms. The lowest BCUT2D eigenvalue weighted by Crippen LogP contribution is -1.86. The number of aromatic nitrogens is 1. The summed E-state index contributed by atoms with van der Waals surface area (Å²) >= 11 is 1.63. The fraction of sp³-hybridized carbons (Fsp3) is 0.500. The summed E-state index contributed by atoms with van der Waals surface area (Å²) in [4.78, 5) is 5.45. The number of aryl methyl sites for hydroxylation is 2. The van der Waals surface area contributed by atoms with Crippen LogP contribution in [0.1, 0.15) is 22.5 Å². The Morgan fingerprint density at radius 1 is 1.64 bits per heavy atom. The molecule has 0 atom stereocenters. The van der Waals surface area contributed by atoms with Crippen molar-refractivity contribution in [2.45, 2.75) is 26.7 Å². The van der Waals surface area contributed by atoms with Gasteiger partial charge in [0, 0.05) is 4.88 Å². The van der Waals surface area contributed by atoms with E-state index in [0.717, 1.165) is 22.0 Å². The van der Waals surface area contributed by atoms with Crippen LogP contribution >= 0.6 is 11.3 Å². The van der Waals surface area contributed by atoms with E-state index in [4.69, 9.17) is 5.26 Å². The molecule has 0 aromatic carbocycles. The highest BCUT2D eigenvalue weighted by Crippen LogP contribution is 2.18. The first-order valence-corrected chi connectivity index (χ1v) is 4.41. The Morgan fingerprint density at radius 3 is 2.91 bits per heavy atom. The molecule has 0 aliphatic heterocycles. The van der Waals surface area contributed by atoms with Gasteiger partial charge in [-0.15, -0.1) is 11.3 Å². The van der Waals surface area contributed by atoms with Crippen LogP contribution in [0.3, 0.4) is 0 Å². The van der Waals surface area contributed by atoms with Crippen LogP contribution in [0.2, 0.25) is 0 Å². The largest absolute Gasteiger partial charge is 0.246 e. The fourth-order valence-corrected chi connectivity index (χ4v) is 1.96. The summed E-state index contributed by atoms with van der Waals surface area (Å²) in [7, 11) is 0. The molecule has 0 aliphatic rings. The Hall–Kier alpha value is -0.880. The van der Waals surface area contributed by atoms with E-state index in [2.05, 4.69) is 18.0 Å². The molecule has 1 heterocycles. The molecule has 0 fully saturated rings. The molecule has 1 aromatic rings. The Bertz CT molecular complexity index is 283. The fourth-order valence-electron chi connectivity index (χ4n) is 0.999. The summed E-state index contributed by atoms with van der Waals surface area (Å²) in [5, 5.41) is 9.54. The van der Waals surface area contributed by atoms with E-state index in [-0.39, 0.29) is 0 Å². The summed E-state index contributed by atoms with van der Waals surface area (Å²) in [5.41, 5.74) is 1.09. The van der Waals surface area contributed by atoms with E-state index in [1.165, 1.54) is 0 Å². The second-order valence-electron chi connectivity index (χ2n) is 2.29. The van der Waals surface area contributed by atoms with Crippen LogP contribution < -0.4 is 0 Å².